The standard InChI is InChI=1S/C14H11I3N2O/c15-9-5-11(16)13(12(17)6-9)20-7-8-3-1-2-4-10(8)14(18)19/h1-6H,7H2,(H3,18,19). The van der Waals surface area contributed by atoms with Crippen LogP contribution in [-0.2, 0) is 6.61 Å². The van der Waals surface area contributed by atoms with Crippen LogP contribution in [0.1, 0.15) is 11.1 Å². The molecule has 0 radical (unpaired) electrons. The Morgan fingerprint density at radius 2 is 1.70 bits per heavy atom. The lowest BCUT2D eigenvalue weighted by molar-refractivity contribution is 0.301. The molecule has 0 spiro atoms. The number of amidine groups is 1. The molecule has 2 aromatic carbocycles. The van der Waals surface area contributed by atoms with Gasteiger partial charge in [0.25, 0.3) is 0 Å². The van der Waals surface area contributed by atoms with Gasteiger partial charge in [-0.25, -0.2) is 0 Å². The number of rotatable bonds is 4. The Balaban J connectivity index is 2.24. The minimum atomic E-state index is 0.0659. The van der Waals surface area contributed by atoms with E-state index in [1.165, 1.54) is 3.57 Å². The first kappa shape index (κ1) is 16.3. The summed E-state index contributed by atoms with van der Waals surface area (Å²) in [5.74, 6) is 0.946. The van der Waals surface area contributed by atoms with Gasteiger partial charge in [-0.15, -0.1) is 0 Å². The van der Waals surface area contributed by atoms with E-state index < -0.39 is 0 Å². The molecular weight excluding hydrogens is 593 g/mol. The molecule has 0 aliphatic carbocycles. The van der Waals surface area contributed by atoms with E-state index in [-0.39, 0.29) is 5.84 Å². The molecule has 0 fully saturated rings. The minimum Gasteiger partial charge on any atom is -0.487 e. The molecule has 0 bridgehead atoms. The summed E-state index contributed by atoms with van der Waals surface area (Å²) in [5, 5.41) is 7.59. The summed E-state index contributed by atoms with van der Waals surface area (Å²) >= 11 is 6.84. The van der Waals surface area contributed by atoms with Crippen LogP contribution in [-0.4, -0.2) is 5.84 Å². The van der Waals surface area contributed by atoms with Crippen molar-refractivity contribution in [2.24, 2.45) is 5.73 Å². The molecule has 3 nitrogen and oxygen atoms in total. The minimum absolute atomic E-state index is 0.0659. The highest BCUT2D eigenvalue weighted by atomic mass is 127. The normalized spacial score (nSPS) is 10.3. The summed E-state index contributed by atoms with van der Waals surface area (Å²) in [6.07, 6.45) is 0. The molecule has 0 amide bonds. The fourth-order valence-electron chi connectivity index (χ4n) is 1.73. The van der Waals surface area contributed by atoms with Crippen LogP contribution in [0, 0.1) is 16.1 Å². The fourth-order valence-corrected chi connectivity index (χ4v) is 5.62. The average molecular weight is 604 g/mol. The van der Waals surface area contributed by atoms with Crippen molar-refractivity contribution in [1.29, 1.82) is 5.41 Å². The molecule has 3 N–H and O–H groups in total. The number of hydrogen-bond donors (Lipinski definition) is 2. The molecule has 0 saturated carbocycles. The van der Waals surface area contributed by atoms with Gasteiger partial charge in [0.2, 0.25) is 0 Å². The van der Waals surface area contributed by atoms with Crippen LogP contribution >= 0.6 is 67.8 Å². The summed E-state index contributed by atoms with van der Waals surface area (Å²) in [6.45, 7) is 0.405. The Kier molecular flexibility index (Phi) is 5.90. The number of ether oxygens (including phenoxy) is 1. The van der Waals surface area contributed by atoms with Gasteiger partial charge in [0.1, 0.15) is 18.2 Å². The molecule has 0 atom stereocenters. The summed E-state index contributed by atoms with van der Waals surface area (Å²) in [7, 11) is 0. The second-order valence-electron chi connectivity index (χ2n) is 4.06. The van der Waals surface area contributed by atoms with Crippen molar-refractivity contribution >= 4 is 73.6 Å². The van der Waals surface area contributed by atoms with Gasteiger partial charge in [-0.2, -0.15) is 0 Å². The third-order valence-corrected chi connectivity index (χ3v) is 4.87. The van der Waals surface area contributed by atoms with E-state index in [2.05, 4.69) is 79.9 Å². The first-order chi connectivity index (χ1) is 9.49. The highest BCUT2D eigenvalue weighted by Crippen LogP contribution is 2.30. The fraction of sp³-hybridized carbons (Fsp3) is 0.0714. The van der Waals surface area contributed by atoms with E-state index in [1.54, 1.807) is 0 Å². The zero-order valence-electron chi connectivity index (χ0n) is 10.3. The Morgan fingerprint density at radius 3 is 2.30 bits per heavy atom. The summed E-state index contributed by atoms with van der Waals surface area (Å²) < 4.78 is 9.28. The molecule has 0 unspecified atom stereocenters. The third kappa shape index (κ3) is 3.97. The monoisotopic (exact) mass is 604 g/mol. The first-order valence-electron chi connectivity index (χ1n) is 5.68. The van der Waals surface area contributed by atoms with E-state index in [0.29, 0.717) is 6.61 Å². The molecule has 20 heavy (non-hydrogen) atoms. The van der Waals surface area contributed by atoms with Gasteiger partial charge in [-0.05, 0) is 79.9 Å². The van der Waals surface area contributed by atoms with Crippen LogP contribution in [0.15, 0.2) is 36.4 Å². The van der Waals surface area contributed by atoms with Crippen LogP contribution in [0.2, 0.25) is 0 Å². The second-order valence-corrected chi connectivity index (χ2v) is 7.63. The maximum atomic E-state index is 7.59. The third-order valence-electron chi connectivity index (χ3n) is 2.64. The van der Waals surface area contributed by atoms with Gasteiger partial charge in [-0.1, -0.05) is 24.3 Å². The van der Waals surface area contributed by atoms with Crippen LogP contribution in [0.25, 0.3) is 0 Å². The maximum Gasteiger partial charge on any atom is 0.146 e. The Hall–Kier alpha value is -0.1000. The molecule has 104 valence electrons. The van der Waals surface area contributed by atoms with Crippen molar-refractivity contribution in [3.8, 4) is 5.75 Å². The quantitative estimate of drug-likeness (QED) is 0.310. The molecule has 0 saturated heterocycles. The molecular formula is C14H11I3N2O. The molecule has 0 heterocycles. The first-order valence-corrected chi connectivity index (χ1v) is 8.92. The molecule has 0 aliphatic heterocycles. The molecule has 6 heteroatoms. The highest BCUT2D eigenvalue weighted by Gasteiger charge is 2.10. The number of nitrogens with one attached hydrogen (secondary N) is 1. The van der Waals surface area contributed by atoms with E-state index in [4.69, 9.17) is 15.9 Å². The number of benzene rings is 2. The van der Waals surface area contributed by atoms with Crippen LogP contribution < -0.4 is 10.5 Å². The van der Waals surface area contributed by atoms with Crippen LogP contribution in [0.5, 0.6) is 5.75 Å². The predicted octanol–water partition coefficient (Wildman–Crippen LogP) is 4.36. The zero-order chi connectivity index (χ0) is 14.7. The number of halogens is 3. The van der Waals surface area contributed by atoms with Crippen LogP contribution in [0.4, 0.5) is 0 Å². The Morgan fingerprint density at radius 1 is 1.10 bits per heavy atom. The van der Waals surface area contributed by atoms with Gasteiger partial charge in [0.05, 0.1) is 7.14 Å². The lowest BCUT2D eigenvalue weighted by Gasteiger charge is -2.13. The van der Waals surface area contributed by atoms with E-state index in [9.17, 15) is 0 Å². The number of nitrogen functional groups attached to an aromatic ring is 1. The number of hydrogen-bond acceptors (Lipinski definition) is 2. The van der Waals surface area contributed by atoms with E-state index in [1.807, 2.05) is 24.3 Å². The SMILES string of the molecule is N=C(N)c1ccccc1COc1c(I)cc(I)cc1I. The van der Waals surface area contributed by atoms with E-state index in [0.717, 1.165) is 24.0 Å². The summed E-state index contributed by atoms with van der Waals surface area (Å²) in [4.78, 5) is 0. The highest BCUT2D eigenvalue weighted by molar-refractivity contribution is 14.1. The topological polar surface area (TPSA) is 59.1 Å². The van der Waals surface area contributed by atoms with Crippen molar-refractivity contribution in [2.75, 3.05) is 0 Å². The molecule has 2 aromatic rings. The van der Waals surface area contributed by atoms with Crippen molar-refractivity contribution in [1.82, 2.24) is 0 Å². The van der Waals surface area contributed by atoms with Crippen molar-refractivity contribution < 1.29 is 4.74 Å². The average Bonchev–Trinajstić information content (AvgIpc) is 2.37. The molecule has 2 rings (SSSR count). The van der Waals surface area contributed by atoms with Crippen molar-refractivity contribution in [3.63, 3.8) is 0 Å². The second kappa shape index (κ2) is 7.25. The van der Waals surface area contributed by atoms with Gasteiger partial charge < -0.3 is 10.5 Å². The van der Waals surface area contributed by atoms with Gasteiger partial charge in [0, 0.05) is 14.7 Å². The van der Waals surface area contributed by atoms with Gasteiger partial charge in [0.15, 0.2) is 0 Å². The van der Waals surface area contributed by atoms with Gasteiger partial charge >= 0.3 is 0 Å². The Labute approximate surface area is 158 Å². The zero-order valence-corrected chi connectivity index (χ0v) is 16.8. The largest absolute Gasteiger partial charge is 0.487 e. The summed E-state index contributed by atoms with van der Waals surface area (Å²) in [5.41, 5.74) is 7.23. The predicted molar refractivity (Wildman–Crippen MR) is 106 cm³/mol. The number of nitrogens with two attached hydrogens (primary N) is 1. The molecule has 0 aromatic heterocycles. The Bertz CT molecular complexity index is 636. The smallest absolute Gasteiger partial charge is 0.146 e. The lowest BCUT2D eigenvalue weighted by Crippen LogP contribution is -2.15. The summed E-state index contributed by atoms with van der Waals surface area (Å²) in [6, 6.07) is 11.7. The van der Waals surface area contributed by atoms with Crippen molar-refractivity contribution in [2.45, 2.75) is 6.61 Å². The molecule has 0 aliphatic rings. The maximum absolute atomic E-state index is 7.59. The van der Waals surface area contributed by atoms with Crippen LogP contribution in [0.3, 0.4) is 0 Å². The lowest BCUT2D eigenvalue weighted by atomic mass is 10.1. The van der Waals surface area contributed by atoms with Crippen molar-refractivity contribution in [3.05, 3.63) is 58.2 Å². The van der Waals surface area contributed by atoms with E-state index >= 15 is 0 Å². The van der Waals surface area contributed by atoms with Gasteiger partial charge in [-0.3, -0.25) is 5.41 Å².